The largest absolute Gasteiger partial charge is 0.444 e. The van der Waals surface area contributed by atoms with Gasteiger partial charge in [-0.05, 0) is 39.8 Å². The topological polar surface area (TPSA) is 55.6 Å². The summed E-state index contributed by atoms with van der Waals surface area (Å²) in [4.78, 5) is 15.9. The molecule has 0 radical (unpaired) electrons. The van der Waals surface area contributed by atoms with Crippen LogP contribution in [0.4, 0.5) is 10.5 Å². The number of aromatic nitrogens is 2. The molecular formula is C13H17N3O2. The summed E-state index contributed by atoms with van der Waals surface area (Å²) in [5, 5.41) is 2.69. The molecule has 18 heavy (non-hydrogen) atoms. The summed E-state index contributed by atoms with van der Waals surface area (Å²) in [5.74, 6) is 0. The van der Waals surface area contributed by atoms with Gasteiger partial charge in [-0.1, -0.05) is 0 Å². The Balaban J connectivity index is 2.14. The van der Waals surface area contributed by atoms with E-state index in [0.29, 0.717) is 5.69 Å². The van der Waals surface area contributed by atoms with Crippen LogP contribution < -0.4 is 5.32 Å². The number of carbonyl (C=O) groups excluding carboxylic acids is 1. The molecule has 0 saturated carbocycles. The molecule has 96 valence electrons. The molecule has 5 nitrogen and oxygen atoms in total. The lowest BCUT2D eigenvalue weighted by Crippen LogP contribution is -2.27. The van der Waals surface area contributed by atoms with Crippen molar-refractivity contribution in [3.63, 3.8) is 0 Å². The first-order valence-corrected chi connectivity index (χ1v) is 5.79. The van der Waals surface area contributed by atoms with Gasteiger partial charge >= 0.3 is 6.09 Å². The summed E-state index contributed by atoms with van der Waals surface area (Å²) in [6, 6.07) is 3.64. The Bertz CT molecular complexity index is 581. The molecule has 0 bridgehead atoms. The summed E-state index contributed by atoms with van der Waals surface area (Å²) >= 11 is 0. The highest BCUT2D eigenvalue weighted by Crippen LogP contribution is 2.13. The lowest BCUT2D eigenvalue weighted by atomic mass is 10.2. The number of ether oxygens (including phenoxy) is 1. The quantitative estimate of drug-likeness (QED) is 0.842. The fourth-order valence-electron chi connectivity index (χ4n) is 1.61. The molecule has 5 heteroatoms. The predicted octanol–water partition coefficient (Wildman–Crippen LogP) is 2.99. The van der Waals surface area contributed by atoms with Crippen molar-refractivity contribution in [3.8, 4) is 0 Å². The molecule has 0 saturated heterocycles. The van der Waals surface area contributed by atoms with Crippen LogP contribution in [0.1, 0.15) is 26.5 Å². The maximum Gasteiger partial charge on any atom is 0.412 e. The fraction of sp³-hybridized carbons (Fsp3) is 0.385. The highest BCUT2D eigenvalue weighted by atomic mass is 16.6. The predicted molar refractivity (Wildman–Crippen MR) is 69.8 cm³/mol. The van der Waals surface area contributed by atoms with E-state index in [0.717, 1.165) is 11.3 Å². The van der Waals surface area contributed by atoms with Crippen LogP contribution in [-0.2, 0) is 4.74 Å². The second-order valence-corrected chi connectivity index (χ2v) is 5.19. The van der Waals surface area contributed by atoms with Gasteiger partial charge in [0.2, 0.25) is 0 Å². The molecule has 0 fully saturated rings. The van der Waals surface area contributed by atoms with Crippen molar-refractivity contribution < 1.29 is 9.53 Å². The lowest BCUT2D eigenvalue weighted by Gasteiger charge is -2.19. The summed E-state index contributed by atoms with van der Waals surface area (Å²) < 4.78 is 7.05. The van der Waals surface area contributed by atoms with Crippen molar-refractivity contribution in [1.29, 1.82) is 0 Å². The average Bonchev–Trinajstić information content (AvgIpc) is 2.53. The van der Waals surface area contributed by atoms with Crippen molar-refractivity contribution >= 4 is 17.4 Å². The van der Waals surface area contributed by atoms with E-state index in [1.807, 2.05) is 44.4 Å². The molecule has 0 aliphatic heterocycles. The van der Waals surface area contributed by atoms with Gasteiger partial charge < -0.3 is 9.14 Å². The normalized spacial score (nSPS) is 11.6. The van der Waals surface area contributed by atoms with E-state index in [9.17, 15) is 4.79 Å². The van der Waals surface area contributed by atoms with Crippen LogP contribution in [0.2, 0.25) is 0 Å². The molecular weight excluding hydrogens is 230 g/mol. The van der Waals surface area contributed by atoms with Crippen molar-refractivity contribution in [2.45, 2.75) is 33.3 Å². The highest BCUT2D eigenvalue weighted by molar-refractivity contribution is 5.84. The Hall–Kier alpha value is -2.04. The third kappa shape index (κ3) is 3.00. The van der Waals surface area contributed by atoms with Crippen molar-refractivity contribution in [1.82, 2.24) is 9.38 Å². The number of imidazole rings is 1. The first-order valence-electron chi connectivity index (χ1n) is 5.79. The van der Waals surface area contributed by atoms with Gasteiger partial charge in [-0.2, -0.15) is 0 Å². The minimum atomic E-state index is -0.500. The maximum absolute atomic E-state index is 11.6. The minimum absolute atomic E-state index is 0.460. The number of hydrogen-bond donors (Lipinski definition) is 1. The van der Waals surface area contributed by atoms with Crippen LogP contribution in [0.3, 0.4) is 0 Å². The van der Waals surface area contributed by atoms with Crippen LogP contribution in [0.15, 0.2) is 24.5 Å². The van der Waals surface area contributed by atoms with E-state index >= 15 is 0 Å². The molecule has 1 amide bonds. The van der Waals surface area contributed by atoms with E-state index in [1.54, 1.807) is 12.3 Å². The summed E-state index contributed by atoms with van der Waals surface area (Å²) in [5.41, 5.74) is 1.96. The van der Waals surface area contributed by atoms with Crippen LogP contribution in [0.5, 0.6) is 0 Å². The first kappa shape index (κ1) is 12.4. The van der Waals surface area contributed by atoms with E-state index in [-0.39, 0.29) is 0 Å². The van der Waals surface area contributed by atoms with E-state index in [1.165, 1.54) is 0 Å². The molecule has 0 aromatic carbocycles. The fourth-order valence-corrected chi connectivity index (χ4v) is 1.61. The third-order valence-corrected chi connectivity index (χ3v) is 2.22. The van der Waals surface area contributed by atoms with Gasteiger partial charge in [0.25, 0.3) is 0 Å². The van der Waals surface area contributed by atoms with E-state index < -0.39 is 11.7 Å². The number of carbonyl (C=O) groups is 1. The second-order valence-electron chi connectivity index (χ2n) is 5.19. The molecule has 0 unspecified atom stereocenters. The summed E-state index contributed by atoms with van der Waals surface area (Å²) in [6.07, 6.45) is 3.24. The average molecular weight is 247 g/mol. The SMILES string of the molecule is Cc1cn2cc(NC(=O)OC(C)(C)C)ccc2n1. The zero-order valence-electron chi connectivity index (χ0n) is 11.0. The van der Waals surface area contributed by atoms with E-state index in [2.05, 4.69) is 10.3 Å². The summed E-state index contributed by atoms with van der Waals surface area (Å²) in [6.45, 7) is 7.41. The number of amides is 1. The zero-order valence-corrected chi connectivity index (χ0v) is 11.0. The number of rotatable bonds is 1. The minimum Gasteiger partial charge on any atom is -0.444 e. The molecule has 0 atom stereocenters. The van der Waals surface area contributed by atoms with Crippen molar-refractivity contribution in [2.24, 2.45) is 0 Å². The van der Waals surface area contributed by atoms with Crippen molar-refractivity contribution in [3.05, 3.63) is 30.2 Å². The Labute approximate surface area is 106 Å². The zero-order chi connectivity index (χ0) is 13.3. The Morgan fingerprint density at radius 1 is 1.33 bits per heavy atom. The van der Waals surface area contributed by atoms with Gasteiger partial charge in [-0.25, -0.2) is 9.78 Å². The van der Waals surface area contributed by atoms with Crippen LogP contribution in [0, 0.1) is 6.92 Å². The third-order valence-electron chi connectivity index (χ3n) is 2.22. The standard InChI is InChI=1S/C13H17N3O2/c1-9-7-16-8-10(5-6-11(16)14-9)15-12(17)18-13(2,3)4/h5-8H,1-4H3,(H,15,17). The van der Waals surface area contributed by atoms with Crippen LogP contribution >= 0.6 is 0 Å². The summed E-state index contributed by atoms with van der Waals surface area (Å²) in [7, 11) is 0. The Kier molecular flexibility index (Phi) is 2.98. The number of aryl methyl sites for hydroxylation is 1. The second kappa shape index (κ2) is 4.33. The Morgan fingerprint density at radius 3 is 2.72 bits per heavy atom. The molecule has 2 heterocycles. The van der Waals surface area contributed by atoms with Gasteiger partial charge in [0.1, 0.15) is 11.2 Å². The number of anilines is 1. The molecule has 0 aliphatic rings. The highest BCUT2D eigenvalue weighted by Gasteiger charge is 2.16. The van der Waals surface area contributed by atoms with E-state index in [4.69, 9.17) is 4.74 Å². The molecule has 0 aliphatic carbocycles. The molecule has 1 N–H and O–H groups in total. The van der Waals surface area contributed by atoms with Crippen LogP contribution in [-0.4, -0.2) is 21.1 Å². The number of pyridine rings is 1. The Morgan fingerprint density at radius 2 is 2.06 bits per heavy atom. The van der Waals surface area contributed by atoms with Gasteiger partial charge in [0, 0.05) is 12.4 Å². The van der Waals surface area contributed by atoms with Crippen molar-refractivity contribution in [2.75, 3.05) is 5.32 Å². The molecule has 2 aromatic rings. The number of fused-ring (bicyclic) bond motifs is 1. The van der Waals surface area contributed by atoms with Gasteiger partial charge in [0.15, 0.2) is 0 Å². The van der Waals surface area contributed by atoms with Gasteiger partial charge in [-0.3, -0.25) is 5.32 Å². The number of nitrogens with zero attached hydrogens (tertiary/aromatic N) is 2. The lowest BCUT2D eigenvalue weighted by molar-refractivity contribution is 0.0636. The van der Waals surface area contributed by atoms with Gasteiger partial charge in [0.05, 0.1) is 11.4 Å². The maximum atomic E-state index is 11.6. The molecule has 2 rings (SSSR count). The number of hydrogen-bond acceptors (Lipinski definition) is 3. The van der Waals surface area contributed by atoms with Crippen LogP contribution in [0.25, 0.3) is 5.65 Å². The molecule has 0 spiro atoms. The number of nitrogens with one attached hydrogen (secondary N) is 1. The van der Waals surface area contributed by atoms with Gasteiger partial charge in [-0.15, -0.1) is 0 Å². The smallest absolute Gasteiger partial charge is 0.412 e. The monoisotopic (exact) mass is 247 g/mol. The first-order chi connectivity index (χ1) is 8.33. The molecule has 2 aromatic heterocycles.